The van der Waals surface area contributed by atoms with E-state index >= 15 is 0 Å². The zero-order valence-corrected chi connectivity index (χ0v) is 15.9. The second-order valence-corrected chi connectivity index (χ2v) is 6.65. The summed E-state index contributed by atoms with van der Waals surface area (Å²) >= 11 is 0. The Labute approximate surface area is 148 Å². The molecule has 25 heavy (non-hydrogen) atoms. The Morgan fingerprint density at radius 2 is 1.84 bits per heavy atom. The van der Waals surface area contributed by atoms with Crippen LogP contribution in [-0.4, -0.2) is 58.4 Å². The maximum absolute atomic E-state index is 5.19. The van der Waals surface area contributed by atoms with Gasteiger partial charge in [0.05, 0.1) is 0 Å². The molecule has 0 aromatic carbocycles. The summed E-state index contributed by atoms with van der Waals surface area (Å²) in [5.41, 5.74) is 4.52. The maximum Gasteiger partial charge on any atom is 0.158 e. The van der Waals surface area contributed by atoms with Crippen LogP contribution in [0.25, 0.3) is 17.0 Å². The van der Waals surface area contributed by atoms with E-state index in [1.165, 1.54) is 0 Å². The summed E-state index contributed by atoms with van der Waals surface area (Å²) in [4.78, 5) is 9.25. The van der Waals surface area contributed by atoms with Crippen molar-refractivity contribution in [2.24, 2.45) is 0 Å². The Morgan fingerprint density at radius 1 is 1.08 bits per heavy atom. The normalized spacial score (nSPS) is 11.6. The van der Waals surface area contributed by atoms with Crippen LogP contribution in [0.1, 0.15) is 23.9 Å². The van der Waals surface area contributed by atoms with E-state index < -0.39 is 0 Å². The summed E-state index contributed by atoms with van der Waals surface area (Å²) in [6, 6.07) is 3.86. The molecular weight excluding hydrogens is 316 g/mol. The molecule has 0 fully saturated rings. The van der Waals surface area contributed by atoms with Crippen LogP contribution < -0.4 is 4.90 Å². The molecule has 0 bridgehead atoms. The number of hydrogen-bond donors (Lipinski definition) is 0. The van der Waals surface area contributed by atoms with Crippen LogP contribution >= 0.6 is 0 Å². The molecule has 7 heteroatoms. The molecule has 0 N–H and O–H groups in total. The van der Waals surface area contributed by atoms with Gasteiger partial charge >= 0.3 is 0 Å². The maximum atomic E-state index is 5.19. The Bertz CT molecular complexity index is 879. The van der Waals surface area contributed by atoms with Gasteiger partial charge in [0.2, 0.25) is 0 Å². The molecule has 0 spiro atoms. The third kappa shape index (κ3) is 3.37. The molecule has 134 valence electrons. The van der Waals surface area contributed by atoms with Gasteiger partial charge in [-0.3, -0.25) is 0 Å². The number of rotatable bonds is 6. The van der Waals surface area contributed by atoms with Crippen LogP contribution in [0.5, 0.6) is 0 Å². The largest absolute Gasteiger partial charge is 0.361 e. The van der Waals surface area contributed by atoms with Crippen LogP contribution in [0, 0.1) is 20.8 Å². The van der Waals surface area contributed by atoms with Gasteiger partial charge in [-0.25, -0.2) is 4.98 Å². The van der Waals surface area contributed by atoms with Crippen molar-refractivity contribution in [2.75, 3.05) is 38.6 Å². The summed E-state index contributed by atoms with van der Waals surface area (Å²) in [6.45, 7) is 11.0. The Morgan fingerprint density at radius 3 is 2.44 bits per heavy atom. The van der Waals surface area contributed by atoms with Gasteiger partial charge in [0.25, 0.3) is 0 Å². The molecule has 3 aromatic heterocycles. The van der Waals surface area contributed by atoms with Gasteiger partial charge in [-0.15, -0.1) is 0 Å². The molecule has 3 heterocycles. The van der Waals surface area contributed by atoms with Crippen molar-refractivity contribution >= 4 is 11.5 Å². The lowest BCUT2D eigenvalue weighted by atomic mass is 10.2. The molecule has 7 nitrogen and oxygen atoms in total. The highest BCUT2D eigenvalue weighted by atomic mass is 16.5. The fraction of sp³-hybridized carbons (Fsp3) is 0.500. The number of anilines is 1. The quantitative estimate of drug-likeness (QED) is 0.686. The standard InChI is InChI=1S/C18H26N6O/c1-7-23(9-8-22(5)6)18-13(3)14(4)19-17-11-15(20-24(17)18)16-10-12(2)25-21-16/h10-11H,7-9H2,1-6H3. The predicted octanol–water partition coefficient (Wildman–Crippen LogP) is 2.70. The Balaban J connectivity index is 2.12. The van der Waals surface area contributed by atoms with E-state index in [9.17, 15) is 0 Å². The van der Waals surface area contributed by atoms with Crippen molar-refractivity contribution in [1.82, 2.24) is 24.7 Å². The highest BCUT2D eigenvalue weighted by Gasteiger charge is 2.19. The molecule has 0 saturated carbocycles. The topological polar surface area (TPSA) is 62.7 Å². The van der Waals surface area contributed by atoms with Crippen LogP contribution in [0.3, 0.4) is 0 Å². The Kier molecular flexibility index (Phi) is 4.76. The zero-order chi connectivity index (χ0) is 18.1. The minimum Gasteiger partial charge on any atom is -0.361 e. The monoisotopic (exact) mass is 342 g/mol. The van der Waals surface area contributed by atoms with Crippen molar-refractivity contribution in [2.45, 2.75) is 27.7 Å². The first-order valence-electron chi connectivity index (χ1n) is 8.61. The highest BCUT2D eigenvalue weighted by Crippen LogP contribution is 2.26. The molecule has 0 amide bonds. The van der Waals surface area contributed by atoms with E-state index in [0.717, 1.165) is 59.5 Å². The van der Waals surface area contributed by atoms with Crippen LogP contribution in [0.15, 0.2) is 16.7 Å². The summed E-state index contributed by atoms with van der Waals surface area (Å²) in [5, 5.41) is 8.85. The molecule has 0 radical (unpaired) electrons. The second-order valence-electron chi connectivity index (χ2n) is 6.65. The minimum absolute atomic E-state index is 0.737. The summed E-state index contributed by atoms with van der Waals surface area (Å²) in [5.74, 6) is 1.87. The fourth-order valence-electron chi connectivity index (χ4n) is 2.90. The van der Waals surface area contributed by atoms with Gasteiger partial charge in [0.1, 0.15) is 23.0 Å². The number of fused-ring (bicyclic) bond motifs is 1. The number of aryl methyl sites for hydroxylation is 2. The summed E-state index contributed by atoms with van der Waals surface area (Å²) in [6.07, 6.45) is 0. The lowest BCUT2D eigenvalue weighted by Gasteiger charge is -2.27. The van der Waals surface area contributed by atoms with Crippen molar-refractivity contribution in [3.63, 3.8) is 0 Å². The third-order valence-electron chi connectivity index (χ3n) is 4.44. The fourth-order valence-corrected chi connectivity index (χ4v) is 2.90. The highest BCUT2D eigenvalue weighted by molar-refractivity contribution is 5.64. The van der Waals surface area contributed by atoms with Gasteiger partial charge < -0.3 is 14.3 Å². The van der Waals surface area contributed by atoms with Gasteiger partial charge in [0, 0.05) is 43.0 Å². The molecule has 0 saturated heterocycles. The molecule has 3 rings (SSSR count). The minimum atomic E-state index is 0.737. The van der Waals surface area contributed by atoms with Gasteiger partial charge in [0.15, 0.2) is 5.65 Å². The predicted molar refractivity (Wildman–Crippen MR) is 99.1 cm³/mol. The first-order chi connectivity index (χ1) is 11.9. The smallest absolute Gasteiger partial charge is 0.158 e. The van der Waals surface area contributed by atoms with E-state index in [-0.39, 0.29) is 0 Å². The number of hydrogen-bond acceptors (Lipinski definition) is 6. The molecule has 0 aliphatic heterocycles. The van der Waals surface area contributed by atoms with Crippen molar-refractivity contribution in [3.8, 4) is 11.4 Å². The average molecular weight is 342 g/mol. The van der Waals surface area contributed by atoms with E-state index in [1.54, 1.807) is 0 Å². The first-order valence-corrected chi connectivity index (χ1v) is 8.61. The number of nitrogens with zero attached hydrogens (tertiary/aromatic N) is 6. The molecule has 0 aliphatic rings. The van der Waals surface area contributed by atoms with Crippen molar-refractivity contribution < 1.29 is 4.52 Å². The number of aromatic nitrogens is 4. The molecule has 3 aromatic rings. The Hall–Kier alpha value is -2.41. The second kappa shape index (κ2) is 6.84. The lowest BCUT2D eigenvalue weighted by molar-refractivity contribution is 0.399. The molecular formula is C18H26N6O. The van der Waals surface area contributed by atoms with E-state index in [0.29, 0.717) is 0 Å². The van der Waals surface area contributed by atoms with Crippen LogP contribution in [-0.2, 0) is 0 Å². The van der Waals surface area contributed by atoms with E-state index in [2.05, 4.69) is 42.9 Å². The molecule has 0 atom stereocenters. The van der Waals surface area contributed by atoms with Gasteiger partial charge in [-0.2, -0.15) is 9.61 Å². The van der Waals surface area contributed by atoms with Gasteiger partial charge in [-0.05, 0) is 41.8 Å². The molecule has 0 unspecified atom stereocenters. The summed E-state index contributed by atoms with van der Waals surface area (Å²) in [7, 11) is 4.18. The SMILES string of the molecule is CCN(CCN(C)C)c1c(C)c(C)nc2cc(-c3cc(C)on3)nn12. The van der Waals surface area contributed by atoms with Gasteiger partial charge in [-0.1, -0.05) is 5.16 Å². The number of likely N-dealkylation sites (N-methyl/N-ethyl adjacent to an activating group) is 2. The average Bonchev–Trinajstić information content (AvgIpc) is 3.16. The molecule has 0 aliphatic carbocycles. The third-order valence-corrected chi connectivity index (χ3v) is 4.44. The van der Waals surface area contributed by atoms with Crippen LogP contribution in [0.2, 0.25) is 0 Å². The van der Waals surface area contributed by atoms with Crippen molar-refractivity contribution in [3.05, 3.63) is 29.2 Å². The van der Waals surface area contributed by atoms with E-state index in [4.69, 9.17) is 14.6 Å². The van der Waals surface area contributed by atoms with Crippen molar-refractivity contribution in [1.29, 1.82) is 0 Å². The zero-order valence-electron chi connectivity index (χ0n) is 15.9. The van der Waals surface area contributed by atoms with Crippen LogP contribution in [0.4, 0.5) is 5.82 Å². The lowest BCUT2D eigenvalue weighted by Crippen LogP contribution is -2.33. The summed E-state index contributed by atoms with van der Waals surface area (Å²) < 4.78 is 7.12. The van der Waals surface area contributed by atoms with E-state index in [1.807, 2.05) is 30.5 Å². The first kappa shape index (κ1) is 17.4.